The normalized spacial score (nSPS) is 17.7. The Balaban J connectivity index is 1.39. The fraction of sp³-hybridized carbons (Fsp3) is 0.435. The Bertz CT molecular complexity index is 1040. The van der Waals surface area contributed by atoms with Crippen LogP contribution in [-0.4, -0.2) is 62.8 Å². The number of fused-ring (bicyclic) bond motifs is 1. The highest BCUT2D eigenvalue weighted by atomic mass is 32.2. The summed E-state index contributed by atoms with van der Waals surface area (Å²) < 4.78 is 27.6. The van der Waals surface area contributed by atoms with Gasteiger partial charge in [-0.1, -0.05) is 35.9 Å². The molecule has 0 saturated carbocycles. The Morgan fingerprint density at radius 1 is 0.967 bits per heavy atom. The largest absolute Gasteiger partial charge is 0.362 e. The van der Waals surface area contributed by atoms with Crippen molar-refractivity contribution in [2.24, 2.45) is 0 Å². The molecular weight excluding hydrogens is 398 g/mol. The van der Waals surface area contributed by atoms with Gasteiger partial charge in [0.25, 0.3) is 0 Å². The lowest BCUT2D eigenvalue weighted by atomic mass is 10.0. The minimum absolute atomic E-state index is 0.0651. The molecule has 160 valence electrons. The third-order valence-corrected chi connectivity index (χ3v) is 8.13. The number of anilines is 1. The summed E-state index contributed by atoms with van der Waals surface area (Å²) in [6.07, 6.45) is 2.10. The first-order chi connectivity index (χ1) is 14.4. The van der Waals surface area contributed by atoms with Crippen LogP contribution < -0.4 is 4.90 Å². The summed E-state index contributed by atoms with van der Waals surface area (Å²) in [7, 11) is -3.54. The number of aryl methyl sites for hydroxylation is 3. The Labute approximate surface area is 179 Å². The van der Waals surface area contributed by atoms with Gasteiger partial charge >= 0.3 is 0 Å². The molecule has 1 amide bonds. The van der Waals surface area contributed by atoms with Crippen molar-refractivity contribution in [3.8, 4) is 0 Å². The standard InChI is InChI=1S/C23H29N3O3S/c1-18-9-10-22(19(2)16-18)30(28,29)26-14-12-24(13-15-26)23(27)17-25-11-5-7-20-6-3-4-8-21(20)25/h3-4,6,8-10,16H,5,7,11-15,17H2,1-2H3. The molecule has 2 aliphatic heterocycles. The second-order valence-corrected chi connectivity index (χ2v) is 10.1. The molecule has 2 heterocycles. The molecule has 7 heteroatoms. The second kappa shape index (κ2) is 8.40. The van der Waals surface area contributed by atoms with E-state index in [1.165, 1.54) is 9.87 Å². The van der Waals surface area contributed by atoms with E-state index < -0.39 is 10.0 Å². The predicted octanol–water partition coefficient (Wildman–Crippen LogP) is 2.59. The van der Waals surface area contributed by atoms with Crippen molar-refractivity contribution in [1.82, 2.24) is 9.21 Å². The molecule has 30 heavy (non-hydrogen) atoms. The van der Waals surface area contributed by atoms with E-state index in [1.54, 1.807) is 11.0 Å². The lowest BCUT2D eigenvalue weighted by Gasteiger charge is -2.37. The van der Waals surface area contributed by atoms with Crippen molar-refractivity contribution in [2.75, 3.05) is 44.2 Å². The lowest BCUT2D eigenvalue weighted by molar-refractivity contribution is -0.130. The molecule has 1 fully saturated rings. The fourth-order valence-corrected chi connectivity index (χ4v) is 6.07. The van der Waals surface area contributed by atoms with E-state index in [1.807, 2.05) is 38.1 Å². The summed E-state index contributed by atoms with van der Waals surface area (Å²) in [5.74, 6) is 0.0651. The van der Waals surface area contributed by atoms with Gasteiger partial charge in [-0.25, -0.2) is 8.42 Å². The zero-order chi connectivity index (χ0) is 21.3. The fourth-order valence-electron chi connectivity index (χ4n) is 4.44. The van der Waals surface area contributed by atoms with Crippen LogP contribution in [0.4, 0.5) is 5.69 Å². The van der Waals surface area contributed by atoms with Gasteiger partial charge in [0, 0.05) is 38.4 Å². The van der Waals surface area contributed by atoms with Crippen LogP contribution in [0, 0.1) is 13.8 Å². The summed E-state index contributed by atoms with van der Waals surface area (Å²) in [5, 5.41) is 0. The maximum Gasteiger partial charge on any atom is 0.243 e. The highest BCUT2D eigenvalue weighted by Crippen LogP contribution is 2.27. The van der Waals surface area contributed by atoms with Crippen LogP contribution in [-0.2, 0) is 21.2 Å². The van der Waals surface area contributed by atoms with Gasteiger partial charge in [-0.2, -0.15) is 4.31 Å². The first-order valence-corrected chi connectivity index (χ1v) is 12.0. The lowest BCUT2D eigenvalue weighted by Crippen LogP contribution is -2.53. The number of sulfonamides is 1. The molecule has 0 spiro atoms. The van der Waals surface area contributed by atoms with Crippen molar-refractivity contribution < 1.29 is 13.2 Å². The summed E-state index contributed by atoms with van der Waals surface area (Å²) >= 11 is 0. The van der Waals surface area contributed by atoms with E-state index in [4.69, 9.17) is 0 Å². The Morgan fingerprint density at radius 2 is 1.70 bits per heavy atom. The van der Waals surface area contributed by atoms with Gasteiger partial charge in [0.15, 0.2) is 0 Å². The van der Waals surface area contributed by atoms with Crippen LogP contribution in [0.25, 0.3) is 0 Å². The number of rotatable bonds is 4. The molecule has 6 nitrogen and oxygen atoms in total. The third kappa shape index (κ3) is 4.09. The summed E-state index contributed by atoms with van der Waals surface area (Å²) in [6.45, 7) is 6.53. The molecule has 0 aliphatic carbocycles. The zero-order valence-electron chi connectivity index (χ0n) is 17.7. The van der Waals surface area contributed by atoms with Gasteiger partial charge in [-0.05, 0) is 49.9 Å². The van der Waals surface area contributed by atoms with E-state index in [-0.39, 0.29) is 5.91 Å². The molecule has 0 atom stereocenters. The molecule has 0 bridgehead atoms. The number of carbonyl (C=O) groups excluding carboxylic acids is 1. The minimum atomic E-state index is -3.54. The molecule has 2 aliphatic rings. The highest BCUT2D eigenvalue weighted by molar-refractivity contribution is 7.89. The third-order valence-electron chi connectivity index (χ3n) is 6.07. The number of hydrogen-bond acceptors (Lipinski definition) is 4. The van der Waals surface area contributed by atoms with E-state index in [0.717, 1.165) is 36.2 Å². The molecule has 0 N–H and O–H groups in total. The second-order valence-electron chi connectivity index (χ2n) is 8.21. The highest BCUT2D eigenvalue weighted by Gasteiger charge is 2.31. The summed E-state index contributed by atoms with van der Waals surface area (Å²) in [4.78, 5) is 17.2. The van der Waals surface area contributed by atoms with Crippen LogP contribution >= 0.6 is 0 Å². The summed E-state index contributed by atoms with van der Waals surface area (Å²) in [5.41, 5.74) is 4.24. The van der Waals surface area contributed by atoms with Crippen molar-refractivity contribution in [1.29, 1.82) is 0 Å². The number of amides is 1. The molecule has 4 rings (SSSR count). The van der Waals surface area contributed by atoms with E-state index in [2.05, 4.69) is 17.0 Å². The number of hydrogen-bond donors (Lipinski definition) is 0. The number of nitrogens with zero attached hydrogens (tertiary/aromatic N) is 3. The van der Waals surface area contributed by atoms with Crippen LogP contribution in [0.1, 0.15) is 23.1 Å². The van der Waals surface area contributed by atoms with Crippen LogP contribution in [0.15, 0.2) is 47.4 Å². The van der Waals surface area contributed by atoms with Gasteiger partial charge in [0.05, 0.1) is 11.4 Å². The molecule has 0 radical (unpaired) electrons. The molecule has 0 unspecified atom stereocenters. The molecular formula is C23H29N3O3S. The topological polar surface area (TPSA) is 60.9 Å². The van der Waals surface area contributed by atoms with Gasteiger partial charge in [0.2, 0.25) is 15.9 Å². The first kappa shape index (κ1) is 20.9. The van der Waals surface area contributed by atoms with Gasteiger partial charge in [-0.15, -0.1) is 0 Å². The van der Waals surface area contributed by atoms with Gasteiger partial charge in [-0.3, -0.25) is 4.79 Å². The van der Waals surface area contributed by atoms with Gasteiger partial charge < -0.3 is 9.80 Å². The van der Waals surface area contributed by atoms with Gasteiger partial charge in [0.1, 0.15) is 0 Å². The zero-order valence-corrected chi connectivity index (χ0v) is 18.5. The number of piperazine rings is 1. The maximum atomic E-state index is 13.1. The monoisotopic (exact) mass is 427 g/mol. The Morgan fingerprint density at radius 3 is 2.43 bits per heavy atom. The van der Waals surface area contributed by atoms with Crippen molar-refractivity contribution >= 4 is 21.6 Å². The van der Waals surface area contributed by atoms with Crippen molar-refractivity contribution in [2.45, 2.75) is 31.6 Å². The molecule has 1 saturated heterocycles. The SMILES string of the molecule is Cc1ccc(S(=O)(=O)N2CCN(C(=O)CN3CCCc4ccccc43)CC2)c(C)c1. The smallest absolute Gasteiger partial charge is 0.243 e. The van der Waals surface area contributed by atoms with E-state index >= 15 is 0 Å². The van der Waals surface area contributed by atoms with Crippen LogP contribution in [0.5, 0.6) is 0 Å². The van der Waals surface area contributed by atoms with Crippen LogP contribution in [0.3, 0.4) is 0 Å². The predicted molar refractivity (Wildman–Crippen MR) is 118 cm³/mol. The summed E-state index contributed by atoms with van der Waals surface area (Å²) in [6, 6.07) is 13.7. The van der Waals surface area contributed by atoms with Crippen molar-refractivity contribution in [3.05, 3.63) is 59.2 Å². The van der Waals surface area contributed by atoms with E-state index in [9.17, 15) is 13.2 Å². The molecule has 2 aromatic carbocycles. The number of benzene rings is 2. The average molecular weight is 428 g/mol. The Kier molecular flexibility index (Phi) is 5.84. The minimum Gasteiger partial charge on any atom is -0.362 e. The first-order valence-electron chi connectivity index (χ1n) is 10.5. The Hall–Kier alpha value is -2.38. The van der Waals surface area contributed by atoms with Crippen LogP contribution in [0.2, 0.25) is 0 Å². The maximum absolute atomic E-state index is 13.1. The number of carbonyl (C=O) groups is 1. The molecule has 0 aromatic heterocycles. The number of para-hydroxylation sites is 1. The van der Waals surface area contributed by atoms with E-state index in [0.29, 0.717) is 37.6 Å². The van der Waals surface area contributed by atoms with Crippen molar-refractivity contribution in [3.63, 3.8) is 0 Å². The quantitative estimate of drug-likeness (QED) is 0.753. The average Bonchev–Trinajstić information content (AvgIpc) is 2.74. The molecule has 2 aromatic rings.